The van der Waals surface area contributed by atoms with Crippen molar-refractivity contribution in [2.24, 2.45) is 0 Å². The molecule has 0 heterocycles. The SMILES string of the molecule is CC(O)(CC(F)(F)C(F)(F)C(F)(F)C(F)(F)C(F)(F)C(F)(F)C(F)(F)C(F)(F)F)c1ccccc1. The van der Waals surface area contributed by atoms with Gasteiger partial charge in [-0.3, -0.25) is 0 Å². The molecule has 0 aromatic heterocycles. The van der Waals surface area contributed by atoms with Crippen LogP contribution in [-0.4, -0.2) is 52.7 Å². The molecule has 0 spiro atoms. The summed E-state index contributed by atoms with van der Waals surface area (Å²) in [5, 5.41) is 9.90. The van der Waals surface area contributed by atoms with E-state index < -0.39 is 65.2 Å². The number of aliphatic hydroxyl groups is 1. The Morgan fingerprint density at radius 3 is 1.17 bits per heavy atom. The summed E-state index contributed by atoms with van der Waals surface area (Å²) in [6, 6.07) is 4.59. The molecule has 1 atom stereocenters. The Morgan fingerprint density at radius 2 is 0.829 bits per heavy atom. The molecule has 0 bridgehead atoms. The molecule has 0 radical (unpaired) electrons. The average molecular weight is 554 g/mol. The lowest BCUT2D eigenvalue weighted by Gasteiger charge is -2.43. The maximum absolute atomic E-state index is 14.0. The lowest BCUT2D eigenvalue weighted by molar-refractivity contribution is -0.462. The smallest absolute Gasteiger partial charge is 0.385 e. The minimum atomic E-state index is -8.68. The van der Waals surface area contributed by atoms with Crippen molar-refractivity contribution in [2.45, 2.75) is 66.6 Å². The number of rotatable bonds is 9. The summed E-state index contributed by atoms with van der Waals surface area (Å²) < 4.78 is 225. The van der Waals surface area contributed by atoms with Crippen LogP contribution in [0, 0.1) is 0 Å². The van der Waals surface area contributed by atoms with Crippen LogP contribution >= 0.6 is 0 Å². The molecule has 1 aromatic rings. The van der Waals surface area contributed by atoms with E-state index in [1.807, 2.05) is 0 Å². The number of halogens is 17. The molecule has 204 valence electrons. The highest BCUT2D eigenvalue weighted by molar-refractivity contribution is 5.23. The van der Waals surface area contributed by atoms with Gasteiger partial charge in [0.2, 0.25) is 0 Å². The summed E-state index contributed by atoms with van der Waals surface area (Å²) in [4.78, 5) is 0. The zero-order chi connectivity index (χ0) is 28.3. The number of alkyl halides is 17. The Balaban J connectivity index is 3.60. The first kappa shape index (κ1) is 31.0. The number of hydrogen-bond acceptors (Lipinski definition) is 1. The molecular weight excluding hydrogens is 543 g/mol. The Hall–Kier alpha value is -2.01. The average Bonchev–Trinajstić information content (AvgIpc) is 2.66. The maximum atomic E-state index is 14.0. The second-order valence-electron chi connectivity index (χ2n) is 7.47. The summed E-state index contributed by atoms with van der Waals surface area (Å²) in [6.45, 7) is 0.245. The summed E-state index contributed by atoms with van der Waals surface area (Å²) in [7, 11) is 0. The van der Waals surface area contributed by atoms with Crippen molar-refractivity contribution in [3.05, 3.63) is 35.9 Å². The molecule has 0 saturated heterocycles. The molecule has 0 aliphatic heterocycles. The Bertz CT molecular complexity index is 886. The largest absolute Gasteiger partial charge is 0.460 e. The fourth-order valence-electron chi connectivity index (χ4n) is 2.64. The van der Waals surface area contributed by atoms with Crippen molar-refractivity contribution < 1.29 is 79.7 Å². The van der Waals surface area contributed by atoms with E-state index in [4.69, 9.17) is 0 Å². The summed E-state index contributed by atoms with van der Waals surface area (Å²) in [5.41, 5.74) is -4.04. The van der Waals surface area contributed by atoms with Crippen LogP contribution in [0.5, 0.6) is 0 Å². The highest BCUT2D eigenvalue weighted by Crippen LogP contribution is 2.64. The predicted molar refractivity (Wildman–Crippen MR) is 81.3 cm³/mol. The Labute approximate surface area is 183 Å². The van der Waals surface area contributed by atoms with Crippen molar-refractivity contribution in [3.8, 4) is 0 Å². The maximum Gasteiger partial charge on any atom is 0.460 e. The van der Waals surface area contributed by atoms with E-state index in [1.54, 1.807) is 0 Å². The second-order valence-corrected chi connectivity index (χ2v) is 7.47. The molecule has 0 amide bonds. The lowest BCUT2D eigenvalue weighted by Crippen LogP contribution is -2.74. The van der Waals surface area contributed by atoms with Crippen LogP contribution in [0.3, 0.4) is 0 Å². The molecule has 18 heteroatoms. The van der Waals surface area contributed by atoms with Crippen molar-refractivity contribution in [3.63, 3.8) is 0 Å². The minimum absolute atomic E-state index is 0.245. The van der Waals surface area contributed by atoms with Gasteiger partial charge < -0.3 is 5.11 Å². The quantitative estimate of drug-likeness (QED) is 0.318. The van der Waals surface area contributed by atoms with Crippen LogP contribution < -0.4 is 0 Å². The van der Waals surface area contributed by atoms with Gasteiger partial charge in [0.15, 0.2) is 0 Å². The second kappa shape index (κ2) is 8.26. The first-order valence-corrected chi connectivity index (χ1v) is 8.55. The minimum Gasteiger partial charge on any atom is -0.385 e. The monoisotopic (exact) mass is 554 g/mol. The van der Waals surface area contributed by atoms with Gasteiger partial charge in [-0.1, -0.05) is 30.3 Å². The first-order chi connectivity index (χ1) is 15.1. The summed E-state index contributed by atoms with van der Waals surface area (Å²) in [6.07, 6.45) is -10.8. The van der Waals surface area contributed by atoms with Crippen LogP contribution in [0.1, 0.15) is 18.9 Å². The highest BCUT2D eigenvalue weighted by atomic mass is 19.4. The fraction of sp³-hybridized carbons (Fsp3) is 0.647. The van der Waals surface area contributed by atoms with Crippen molar-refractivity contribution in [1.82, 2.24) is 0 Å². The van der Waals surface area contributed by atoms with Crippen LogP contribution in [0.2, 0.25) is 0 Å². The van der Waals surface area contributed by atoms with E-state index in [1.165, 1.54) is 6.07 Å². The topological polar surface area (TPSA) is 20.2 Å². The third-order valence-electron chi connectivity index (χ3n) is 4.75. The van der Waals surface area contributed by atoms with E-state index in [-0.39, 0.29) is 6.92 Å². The van der Waals surface area contributed by atoms with Crippen molar-refractivity contribution in [2.75, 3.05) is 0 Å². The van der Waals surface area contributed by atoms with Crippen molar-refractivity contribution >= 4 is 0 Å². The first-order valence-electron chi connectivity index (χ1n) is 8.55. The Kier molecular flexibility index (Phi) is 7.32. The summed E-state index contributed by atoms with van der Waals surface area (Å²) >= 11 is 0. The zero-order valence-electron chi connectivity index (χ0n) is 16.5. The standard InChI is InChI=1S/C17H11F17O/c1-9(35,8-5-3-2-4-6-8)7-10(18,19)11(20,21)12(22,23)13(24,25)14(26,27)15(28,29)16(30,31)17(32,33)34/h2-6,35H,7H2,1H3. The molecule has 0 aliphatic carbocycles. The molecule has 1 nitrogen and oxygen atoms in total. The predicted octanol–water partition coefficient (Wildman–Crippen LogP) is 7.29. The van der Waals surface area contributed by atoms with Crippen LogP contribution in [-0.2, 0) is 5.60 Å². The molecule has 0 saturated carbocycles. The van der Waals surface area contributed by atoms with Crippen LogP contribution in [0.4, 0.5) is 74.6 Å². The summed E-state index contributed by atoms with van der Waals surface area (Å²) in [5.74, 6) is -56.9. The zero-order valence-corrected chi connectivity index (χ0v) is 16.5. The third kappa shape index (κ3) is 4.39. The van der Waals surface area contributed by atoms with E-state index in [2.05, 4.69) is 0 Å². The molecule has 0 fully saturated rings. The van der Waals surface area contributed by atoms with Gasteiger partial charge in [0.1, 0.15) is 0 Å². The molecule has 1 rings (SSSR count). The normalized spacial score (nSPS) is 17.3. The molecule has 35 heavy (non-hydrogen) atoms. The van der Waals surface area contributed by atoms with Crippen molar-refractivity contribution in [1.29, 1.82) is 0 Å². The number of hydrogen-bond donors (Lipinski definition) is 1. The van der Waals surface area contributed by atoms with Gasteiger partial charge in [0.25, 0.3) is 0 Å². The van der Waals surface area contributed by atoms with Crippen LogP contribution in [0.15, 0.2) is 30.3 Å². The van der Waals surface area contributed by atoms with Gasteiger partial charge in [-0.2, -0.15) is 74.6 Å². The van der Waals surface area contributed by atoms with Gasteiger partial charge in [-0.25, -0.2) is 0 Å². The molecule has 0 aliphatic rings. The highest BCUT2D eigenvalue weighted by Gasteiger charge is 2.95. The van der Waals surface area contributed by atoms with Gasteiger partial charge in [0, 0.05) is 0 Å². The van der Waals surface area contributed by atoms with Gasteiger partial charge in [-0.05, 0) is 12.5 Å². The molecule has 1 aromatic carbocycles. The van der Waals surface area contributed by atoms with E-state index in [0.717, 1.165) is 24.3 Å². The van der Waals surface area contributed by atoms with E-state index in [9.17, 15) is 79.7 Å². The lowest BCUT2D eigenvalue weighted by atomic mass is 9.83. The van der Waals surface area contributed by atoms with Crippen LogP contribution in [0.25, 0.3) is 0 Å². The Morgan fingerprint density at radius 1 is 0.514 bits per heavy atom. The molecule has 1 unspecified atom stereocenters. The van der Waals surface area contributed by atoms with Gasteiger partial charge in [0.05, 0.1) is 12.0 Å². The fourth-order valence-corrected chi connectivity index (χ4v) is 2.64. The van der Waals surface area contributed by atoms with Gasteiger partial charge >= 0.3 is 47.6 Å². The van der Waals surface area contributed by atoms with E-state index in [0.29, 0.717) is 0 Å². The van der Waals surface area contributed by atoms with E-state index >= 15 is 0 Å². The van der Waals surface area contributed by atoms with Gasteiger partial charge in [-0.15, -0.1) is 0 Å². The number of benzene rings is 1. The third-order valence-corrected chi connectivity index (χ3v) is 4.75. The molecular formula is C17H11F17O. The molecule has 1 N–H and O–H groups in total.